The quantitative estimate of drug-likeness (QED) is 0.450. The van der Waals surface area contributed by atoms with Crippen molar-refractivity contribution < 1.29 is 19.2 Å². The number of benzene rings is 1. The third-order valence-electron chi connectivity index (χ3n) is 3.10. The second-order valence-electron chi connectivity index (χ2n) is 4.40. The molecule has 0 saturated carbocycles. The number of nitrogens with zero attached hydrogens (tertiary/aromatic N) is 2. The van der Waals surface area contributed by atoms with Crippen molar-refractivity contribution >= 4 is 24.4 Å². The maximum absolute atomic E-state index is 10.8. The molecule has 1 aliphatic heterocycles. The van der Waals surface area contributed by atoms with E-state index in [1.165, 1.54) is 18.2 Å². The molecule has 7 nitrogen and oxygen atoms in total. The number of carbonyl (C=O) groups is 1. The van der Waals surface area contributed by atoms with Gasteiger partial charge in [-0.25, -0.2) is 0 Å². The summed E-state index contributed by atoms with van der Waals surface area (Å²) in [7, 11) is 0. The Morgan fingerprint density at radius 3 is 2.71 bits per heavy atom. The molecule has 1 fully saturated rings. The highest BCUT2D eigenvalue weighted by molar-refractivity contribution is 5.85. The molecular formula is C13H17ClN2O5. The molecule has 0 aliphatic carbocycles. The lowest BCUT2D eigenvalue weighted by molar-refractivity contribution is -0.385. The summed E-state index contributed by atoms with van der Waals surface area (Å²) in [6.07, 6.45) is 0.465. The molecule has 1 aliphatic rings. The first kappa shape index (κ1) is 17.4. The minimum Gasteiger partial charge on any atom is -0.492 e. The maximum atomic E-state index is 10.8. The SMILES string of the molecule is Cl.O=Cc1cc(OCCN2CCOCC2)ccc1[N+](=O)[O-]. The minimum atomic E-state index is -0.582. The van der Waals surface area contributed by atoms with Crippen LogP contribution in [0.1, 0.15) is 10.4 Å². The van der Waals surface area contributed by atoms with Gasteiger partial charge in [-0.05, 0) is 12.1 Å². The molecule has 1 saturated heterocycles. The molecule has 0 aromatic heterocycles. The molecule has 116 valence electrons. The minimum absolute atomic E-state index is 0. The van der Waals surface area contributed by atoms with Gasteiger partial charge in [-0.1, -0.05) is 0 Å². The number of morpholine rings is 1. The number of aldehydes is 1. The Balaban J connectivity index is 0.00000220. The van der Waals surface area contributed by atoms with Gasteiger partial charge in [0.1, 0.15) is 12.4 Å². The molecule has 8 heteroatoms. The van der Waals surface area contributed by atoms with Crippen LogP contribution in [-0.4, -0.2) is 55.6 Å². The summed E-state index contributed by atoms with van der Waals surface area (Å²) >= 11 is 0. The van der Waals surface area contributed by atoms with E-state index in [1.54, 1.807) is 0 Å². The van der Waals surface area contributed by atoms with E-state index in [2.05, 4.69) is 4.90 Å². The second-order valence-corrected chi connectivity index (χ2v) is 4.40. The average Bonchev–Trinajstić information content (AvgIpc) is 2.48. The summed E-state index contributed by atoms with van der Waals surface area (Å²) in [5.41, 5.74) is -0.181. The van der Waals surface area contributed by atoms with Crippen LogP contribution in [0.3, 0.4) is 0 Å². The zero-order valence-corrected chi connectivity index (χ0v) is 12.2. The van der Waals surface area contributed by atoms with Gasteiger partial charge < -0.3 is 9.47 Å². The Morgan fingerprint density at radius 2 is 2.10 bits per heavy atom. The van der Waals surface area contributed by atoms with Crippen LogP contribution in [-0.2, 0) is 4.74 Å². The van der Waals surface area contributed by atoms with Crippen molar-refractivity contribution in [1.29, 1.82) is 0 Å². The van der Waals surface area contributed by atoms with Gasteiger partial charge in [0.25, 0.3) is 5.69 Å². The van der Waals surface area contributed by atoms with Gasteiger partial charge >= 0.3 is 0 Å². The molecule has 1 heterocycles. The normalized spacial score (nSPS) is 15.0. The first-order chi connectivity index (χ1) is 9.70. The topological polar surface area (TPSA) is 81.9 Å². The number of hydrogen-bond donors (Lipinski definition) is 0. The molecule has 0 bridgehead atoms. The fourth-order valence-corrected chi connectivity index (χ4v) is 2.00. The predicted molar refractivity (Wildman–Crippen MR) is 78.5 cm³/mol. The number of nitro groups is 1. The first-order valence-corrected chi connectivity index (χ1v) is 6.37. The largest absolute Gasteiger partial charge is 0.492 e. The van der Waals surface area contributed by atoms with Crippen molar-refractivity contribution in [2.75, 3.05) is 39.5 Å². The van der Waals surface area contributed by atoms with Gasteiger partial charge in [0, 0.05) is 25.7 Å². The molecule has 0 N–H and O–H groups in total. The smallest absolute Gasteiger partial charge is 0.280 e. The van der Waals surface area contributed by atoms with E-state index in [0.29, 0.717) is 18.6 Å². The summed E-state index contributed by atoms with van der Waals surface area (Å²) < 4.78 is 10.8. The van der Waals surface area contributed by atoms with Crippen LogP contribution in [0, 0.1) is 10.1 Å². The molecule has 0 amide bonds. The molecule has 1 aromatic rings. The Bertz CT molecular complexity index is 491. The average molecular weight is 317 g/mol. The first-order valence-electron chi connectivity index (χ1n) is 6.37. The van der Waals surface area contributed by atoms with E-state index in [0.717, 1.165) is 32.8 Å². The van der Waals surface area contributed by atoms with Crippen LogP contribution in [0.25, 0.3) is 0 Å². The predicted octanol–water partition coefficient (Wildman–Crippen LogP) is 1.54. The number of halogens is 1. The maximum Gasteiger partial charge on any atom is 0.280 e. The van der Waals surface area contributed by atoms with E-state index >= 15 is 0 Å². The number of hydrogen-bond acceptors (Lipinski definition) is 6. The Hall–Kier alpha value is -1.70. The highest BCUT2D eigenvalue weighted by atomic mass is 35.5. The van der Waals surface area contributed by atoms with Crippen LogP contribution in [0.2, 0.25) is 0 Å². The van der Waals surface area contributed by atoms with Crippen LogP contribution >= 0.6 is 12.4 Å². The van der Waals surface area contributed by atoms with Gasteiger partial charge in [0.2, 0.25) is 0 Å². The number of rotatable bonds is 6. The standard InChI is InChI=1S/C13H16N2O5.ClH/c16-10-11-9-12(1-2-13(11)15(17)18)20-8-5-14-3-6-19-7-4-14;/h1-2,9-10H,3-8H2;1H. The van der Waals surface area contributed by atoms with E-state index in [9.17, 15) is 14.9 Å². The van der Waals surface area contributed by atoms with Crippen molar-refractivity contribution in [2.24, 2.45) is 0 Å². The number of ether oxygens (including phenoxy) is 2. The fourth-order valence-electron chi connectivity index (χ4n) is 2.00. The fraction of sp³-hybridized carbons (Fsp3) is 0.462. The lowest BCUT2D eigenvalue weighted by atomic mass is 10.2. The Labute approximate surface area is 128 Å². The van der Waals surface area contributed by atoms with Gasteiger partial charge in [-0.15, -0.1) is 12.4 Å². The third-order valence-corrected chi connectivity index (χ3v) is 3.10. The van der Waals surface area contributed by atoms with Gasteiger partial charge in [-0.3, -0.25) is 19.8 Å². The van der Waals surface area contributed by atoms with E-state index in [1.807, 2.05) is 0 Å². The molecule has 2 rings (SSSR count). The molecule has 21 heavy (non-hydrogen) atoms. The second kappa shape index (κ2) is 8.56. The van der Waals surface area contributed by atoms with E-state index < -0.39 is 4.92 Å². The van der Waals surface area contributed by atoms with E-state index in [-0.39, 0.29) is 23.7 Å². The monoisotopic (exact) mass is 316 g/mol. The zero-order chi connectivity index (χ0) is 14.4. The van der Waals surface area contributed by atoms with Crippen LogP contribution in [0.5, 0.6) is 5.75 Å². The summed E-state index contributed by atoms with van der Waals surface area (Å²) in [5.74, 6) is 0.464. The van der Waals surface area contributed by atoms with Crippen molar-refractivity contribution in [2.45, 2.75) is 0 Å². The summed E-state index contributed by atoms with van der Waals surface area (Å²) in [4.78, 5) is 23.2. The number of nitro benzene ring substituents is 1. The summed E-state index contributed by atoms with van der Waals surface area (Å²) in [6, 6.07) is 4.18. The highest BCUT2D eigenvalue weighted by Gasteiger charge is 2.14. The molecule has 0 atom stereocenters. The molecule has 1 aromatic carbocycles. The van der Waals surface area contributed by atoms with Crippen molar-refractivity contribution in [3.8, 4) is 5.75 Å². The highest BCUT2D eigenvalue weighted by Crippen LogP contribution is 2.22. The van der Waals surface area contributed by atoms with Gasteiger partial charge in [-0.2, -0.15) is 0 Å². The summed E-state index contributed by atoms with van der Waals surface area (Å²) in [5, 5.41) is 10.7. The van der Waals surface area contributed by atoms with Crippen molar-refractivity contribution in [3.63, 3.8) is 0 Å². The van der Waals surface area contributed by atoms with Crippen molar-refractivity contribution in [3.05, 3.63) is 33.9 Å². The van der Waals surface area contributed by atoms with Gasteiger partial charge in [0.05, 0.1) is 23.7 Å². The third kappa shape index (κ3) is 4.96. The van der Waals surface area contributed by atoms with E-state index in [4.69, 9.17) is 9.47 Å². The molecule has 0 unspecified atom stereocenters. The Morgan fingerprint density at radius 1 is 1.38 bits per heavy atom. The lowest BCUT2D eigenvalue weighted by Crippen LogP contribution is -2.38. The van der Waals surface area contributed by atoms with Gasteiger partial charge in [0.15, 0.2) is 6.29 Å². The van der Waals surface area contributed by atoms with Crippen LogP contribution in [0.4, 0.5) is 5.69 Å². The molecule has 0 spiro atoms. The number of carbonyl (C=O) groups excluding carboxylic acids is 1. The zero-order valence-electron chi connectivity index (χ0n) is 11.4. The Kier molecular flexibility index (Phi) is 7.07. The molecule has 0 radical (unpaired) electrons. The summed E-state index contributed by atoms with van der Waals surface area (Å²) in [6.45, 7) is 4.44. The lowest BCUT2D eigenvalue weighted by Gasteiger charge is -2.26. The molecular weight excluding hydrogens is 300 g/mol. The van der Waals surface area contributed by atoms with Crippen LogP contribution < -0.4 is 4.74 Å². The van der Waals surface area contributed by atoms with Crippen LogP contribution in [0.15, 0.2) is 18.2 Å². The van der Waals surface area contributed by atoms with Crippen molar-refractivity contribution in [1.82, 2.24) is 4.90 Å².